The second-order valence-electron chi connectivity index (χ2n) is 6.03. The standard InChI is InChI=1S/C17H20FNO/c1-11-5-8-15(13(9-11)17(2,3)4)20-16-10-12(18)6-7-14(16)19/h5-10H,19H2,1-4H3. The fourth-order valence-electron chi connectivity index (χ4n) is 2.03. The number of aryl methyl sites for hydroxylation is 1. The summed E-state index contributed by atoms with van der Waals surface area (Å²) >= 11 is 0. The van der Waals surface area contributed by atoms with Crippen molar-refractivity contribution in [3.63, 3.8) is 0 Å². The van der Waals surface area contributed by atoms with Gasteiger partial charge in [-0.05, 0) is 30.5 Å². The van der Waals surface area contributed by atoms with Crippen molar-refractivity contribution in [2.24, 2.45) is 0 Å². The van der Waals surface area contributed by atoms with E-state index in [1.807, 2.05) is 19.1 Å². The van der Waals surface area contributed by atoms with E-state index in [1.165, 1.54) is 18.2 Å². The summed E-state index contributed by atoms with van der Waals surface area (Å²) in [4.78, 5) is 0. The molecule has 20 heavy (non-hydrogen) atoms. The first-order chi connectivity index (χ1) is 9.27. The highest BCUT2D eigenvalue weighted by Gasteiger charge is 2.20. The Morgan fingerprint density at radius 3 is 2.35 bits per heavy atom. The van der Waals surface area contributed by atoms with Gasteiger partial charge in [-0.3, -0.25) is 0 Å². The van der Waals surface area contributed by atoms with Crippen molar-refractivity contribution in [3.8, 4) is 11.5 Å². The van der Waals surface area contributed by atoms with Gasteiger partial charge in [-0.25, -0.2) is 4.39 Å². The molecule has 2 N–H and O–H groups in total. The Morgan fingerprint density at radius 2 is 1.70 bits per heavy atom. The number of rotatable bonds is 2. The summed E-state index contributed by atoms with van der Waals surface area (Å²) in [6, 6.07) is 10.1. The lowest BCUT2D eigenvalue weighted by atomic mass is 9.85. The molecule has 0 aliphatic carbocycles. The topological polar surface area (TPSA) is 35.2 Å². The lowest BCUT2D eigenvalue weighted by molar-refractivity contribution is 0.453. The van der Waals surface area contributed by atoms with Gasteiger partial charge in [0.2, 0.25) is 0 Å². The molecule has 2 nitrogen and oxygen atoms in total. The van der Waals surface area contributed by atoms with E-state index < -0.39 is 0 Å². The molecule has 0 amide bonds. The van der Waals surface area contributed by atoms with Crippen LogP contribution in [0.4, 0.5) is 10.1 Å². The number of halogens is 1. The van der Waals surface area contributed by atoms with Crippen LogP contribution in [0.1, 0.15) is 31.9 Å². The molecule has 3 heteroatoms. The van der Waals surface area contributed by atoms with E-state index >= 15 is 0 Å². The molecule has 0 fully saturated rings. The third kappa shape index (κ3) is 3.10. The average Bonchev–Trinajstić information content (AvgIpc) is 2.34. The summed E-state index contributed by atoms with van der Waals surface area (Å²) in [6.45, 7) is 8.38. The fraction of sp³-hybridized carbons (Fsp3) is 0.294. The lowest BCUT2D eigenvalue weighted by Crippen LogP contribution is -2.13. The van der Waals surface area contributed by atoms with Crippen LogP contribution >= 0.6 is 0 Å². The minimum Gasteiger partial charge on any atom is -0.455 e. The predicted molar refractivity (Wildman–Crippen MR) is 80.8 cm³/mol. The van der Waals surface area contributed by atoms with Crippen LogP contribution in [-0.4, -0.2) is 0 Å². The molecule has 0 heterocycles. The third-order valence-electron chi connectivity index (χ3n) is 3.14. The Balaban J connectivity index is 2.46. The summed E-state index contributed by atoms with van der Waals surface area (Å²) in [5, 5.41) is 0. The smallest absolute Gasteiger partial charge is 0.153 e. The zero-order valence-electron chi connectivity index (χ0n) is 12.3. The van der Waals surface area contributed by atoms with E-state index in [0.717, 1.165) is 11.1 Å². The second kappa shape index (κ2) is 5.16. The van der Waals surface area contributed by atoms with Gasteiger partial charge in [0.05, 0.1) is 5.69 Å². The van der Waals surface area contributed by atoms with Crippen LogP contribution in [0.5, 0.6) is 11.5 Å². The zero-order valence-corrected chi connectivity index (χ0v) is 12.3. The number of nitrogen functional groups attached to an aromatic ring is 1. The normalized spacial score (nSPS) is 11.4. The Kier molecular flexibility index (Phi) is 3.71. The Bertz CT molecular complexity index is 629. The minimum atomic E-state index is -0.362. The molecule has 0 aliphatic heterocycles. The quantitative estimate of drug-likeness (QED) is 0.797. The molecule has 0 saturated heterocycles. The van der Waals surface area contributed by atoms with E-state index in [2.05, 4.69) is 26.8 Å². The maximum atomic E-state index is 13.3. The molecule has 106 valence electrons. The zero-order chi connectivity index (χ0) is 14.9. The van der Waals surface area contributed by atoms with Crippen LogP contribution in [0.15, 0.2) is 36.4 Å². The molecule has 0 aromatic heterocycles. The first-order valence-corrected chi connectivity index (χ1v) is 6.61. The van der Waals surface area contributed by atoms with Crippen molar-refractivity contribution >= 4 is 5.69 Å². The van der Waals surface area contributed by atoms with Gasteiger partial charge in [-0.1, -0.05) is 38.5 Å². The molecular formula is C17H20FNO. The van der Waals surface area contributed by atoms with Crippen molar-refractivity contribution in [3.05, 3.63) is 53.3 Å². The van der Waals surface area contributed by atoms with E-state index in [-0.39, 0.29) is 11.2 Å². The van der Waals surface area contributed by atoms with Gasteiger partial charge < -0.3 is 10.5 Å². The molecule has 2 aromatic carbocycles. The van der Waals surface area contributed by atoms with Crippen LogP contribution in [0.3, 0.4) is 0 Å². The number of hydrogen-bond donors (Lipinski definition) is 1. The van der Waals surface area contributed by atoms with Gasteiger partial charge in [0.25, 0.3) is 0 Å². The number of nitrogens with two attached hydrogens (primary N) is 1. The van der Waals surface area contributed by atoms with Crippen molar-refractivity contribution < 1.29 is 9.13 Å². The minimum absolute atomic E-state index is 0.0660. The number of anilines is 1. The lowest BCUT2D eigenvalue weighted by Gasteiger charge is -2.23. The Morgan fingerprint density at radius 1 is 1.00 bits per heavy atom. The summed E-state index contributed by atoms with van der Waals surface area (Å²) in [5.74, 6) is 0.693. The number of benzene rings is 2. The highest BCUT2D eigenvalue weighted by molar-refractivity contribution is 5.55. The fourth-order valence-corrected chi connectivity index (χ4v) is 2.03. The number of ether oxygens (including phenoxy) is 1. The van der Waals surface area contributed by atoms with Gasteiger partial charge in [-0.15, -0.1) is 0 Å². The van der Waals surface area contributed by atoms with Gasteiger partial charge in [-0.2, -0.15) is 0 Å². The molecule has 0 bridgehead atoms. The first kappa shape index (κ1) is 14.4. The molecular weight excluding hydrogens is 253 g/mol. The van der Waals surface area contributed by atoms with Gasteiger partial charge in [0.1, 0.15) is 11.6 Å². The highest BCUT2D eigenvalue weighted by Crippen LogP contribution is 2.36. The van der Waals surface area contributed by atoms with E-state index in [1.54, 1.807) is 0 Å². The van der Waals surface area contributed by atoms with Crippen molar-refractivity contribution in [2.75, 3.05) is 5.73 Å². The summed E-state index contributed by atoms with van der Waals surface area (Å²) < 4.78 is 19.2. The molecule has 0 saturated carbocycles. The van der Waals surface area contributed by atoms with Crippen LogP contribution < -0.4 is 10.5 Å². The van der Waals surface area contributed by atoms with E-state index in [4.69, 9.17) is 10.5 Å². The Labute approximate surface area is 119 Å². The van der Waals surface area contributed by atoms with Gasteiger partial charge in [0.15, 0.2) is 5.75 Å². The monoisotopic (exact) mass is 273 g/mol. The summed E-state index contributed by atoms with van der Waals surface area (Å²) in [6.07, 6.45) is 0. The van der Waals surface area contributed by atoms with Crippen LogP contribution in [0.2, 0.25) is 0 Å². The van der Waals surface area contributed by atoms with Crippen LogP contribution in [-0.2, 0) is 5.41 Å². The van der Waals surface area contributed by atoms with Gasteiger partial charge >= 0.3 is 0 Å². The molecule has 0 atom stereocenters. The number of hydrogen-bond acceptors (Lipinski definition) is 2. The molecule has 0 aliphatic rings. The van der Waals surface area contributed by atoms with E-state index in [0.29, 0.717) is 17.2 Å². The summed E-state index contributed by atoms with van der Waals surface area (Å²) in [7, 11) is 0. The maximum Gasteiger partial charge on any atom is 0.153 e. The van der Waals surface area contributed by atoms with Crippen molar-refractivity contribution in [1.82, 2.24) is 0 Å². The first-order valence-electron chi connectivity index (χ1n) is 6.61. The molecule has 0 radical (unpaired) electrons. The second-order valence-corrected chi connectivity index (χ2v) is 6.03. The molecule has 0 spiro atoms. The van der Waals surface area contributed by atoms with Gasteiger partial charge in [0, 0.05) is 11.6 Å². The van der Waals surface area contributed by atoms with Crippen molar-refractivity contribution in [1.29, 1.82) is 0 Å². The SMILES string of the molecule is Cc1ccc(Oc2cc(F)ccc2N)c(C(C)(C)C)c1. The average molecular weight is 273 g/mol. The maximum absolute atomic E-state index is 13.3. The predicted octanol–water partition coefficient (Wildman–Crippen LogP) is 4.81. The van der Waals surface area contributed by atoms with Crippen LogP contribution in [0, 0.1) is 12.7 Å². The largest absolute Gasteiger partial charge is 0.455 e. The third-order valence-corrected chi connectivity index (χ3v) is 3.14. The highest BCUT2D eigenvalue weighted by atomic mass is 19.1. The molecule has 2 aromatic rings. The Hall–Kier alpha value is -2.03. The molecule has 0 unspecified atom stereocenters. The molecule has 2 rings (SSSR count). The van der Waals surface area contributed by atoms with E-state index in [9.17, 15) is 4.39 Å². The van der Waals surface area contributed by atoms with Crippen molar-refractivity contribution in [2.45, 2.75) is 33.1 Å². The van der Waals surface area contributed by atoms with Crippen LogP contribution in [0.25, 0.3) is 0 Å². The summed E-state index contributed by atoms with van der Waals surface area (Å²) in [5.41, 5.74) is 8.42.